The van der Waals surface area contributed by atoms with E-state index in [1.807, 2.05) is 0 Å². The normalized spacial score (nSPS) is 13.0. The summed E-state index contributed by atoms with van der Waals surface area (Å²) in [5, 5.41) is 8.96. The highest BCUT2D eigenvalue weighted by Crippen LogP contribution is 2.12. The highest BCUT2D eigenvalue weighted by Gasteiger charge is 1.97. The third kappa shape index (κ3) is 1.48. The van der Waals surface area contributed by atoms with Crippen LogP contribution in [0.5, 0.6) is 0 Å². The Morgan fingerprint density at radius 2 is 1.80 bits per heavy atom. The molecule has 0 fully saturated rings. The maximum atomic E-state index is 8.96. The smallest absolute Gasteiger partial charge is 0.0791 e. The van der Waals surface area contributed by atoms with Crippen molar-refractivity contribution in [2.45, 2.75) is 6.10 Å². The highest BCUT2D eigenvalue weighted by molar-refractivity contribution is 5.39. The van der Waals surface area contributed by atoms with Crippen molar-refractivity contribution in [2.75, 3.05) is 5.73 Å². The van der Waals surface area contributed by atoms with Gasteiger partial charge in [0.2, 0.25) is 0 Å². The topological polar surface area (TPSA) is 46.2 Å². The van der Waals surface area contributed by atoms with Gasteiger partial charge in [-0.05, 0) is 24.6 Å². The maximum absolute atomic E-state index is 8.96. The molecule has 1 atom stereocenters. The van der Waals surface area contributed by atoms with Crippen molar-refractivity contribution >= 4 is 5.69 Å². The van der Waals surface area contributed by atoms with Crippen LogP contribution in [0.4, 0.5) is 5.69 Å². The van der Waals surface area contributed by atoms with E-state index in [1.54, 1.807) is 24.3 Å². The van der Waals surface area contributed by atoms with Crippen molar-refractivity contribution in [1.82, 2.24) is 0 Å². The minimum atomic E-state index is -0.652. The number of rotatable bonds is 1. The summed E-state index contributed by atoms with van der Waals surface area (Å²) in [4.78, 5) is 0. The predicted molar refractivity (Wildman–Crippen MR) is 41.2 cm³/mol. The highest BCUT2D eigenvalue weighted by atomic mass is 16.3. The number of nitrogens with two attached hydrogens (primary N) is 1. The molecule has 0 aromatic heterocycles. The average Bonchev–Trinajstić information content (AvgIpc) is 1.88. The van der Waals surface area contributed by atoms with Crippen LogP contribution in [0.15, 0.2) is 24.3 Å². The monoisotopic (exact) mass is 136 g/mol. The molecule has 2 heteroatoms. The van der Waals surface area contributed by atoms with Gasteiger partial charge in [0.25, 0.3) is 0 Å². The van der Waals surface area contributed by atoms with Crippen LogP contribution in [0, 0.1) is 6.92 Å². The molecule has 0 bridgehead atoms. The summed E-state index contributed by atoms with van der Waals surface area (Å²) in [6.45, 7) is 3.45. The molecule has 0 aliphatic heterocycles. The Bertz CT molecular complexity index is 203. The van der Waals surface area contributed by atoms with Gasteiger partial charge in [0.1, 0.15) is 0 Å². The van der Waals surface area contributed by atoms with Gasteiger partial charge < -0.3 is 10.8 Å². The molecular formula is C8H10NO. The molecule has 1 unspecified atom stereocenters. The average molecular weight is 136 g/mol. The summed E-state index contributed by atoms with van der Waals surface area (Å²) in [7, 11) is 0. The predicted octanol–water partition coefficient (Wildman–Crippen LogP) is 1.14. The third-order valence-corrected chi connectivity index (χ3v) is 1.32. The zero-order valence-corrected chi connectivity index (χ0v) is 5.62. The van der Waals surface area contributed by atoms with Crippen LogP contribution < -0.4 is 5.73 Å². The number of aliphatic hydroxyl groups is 1. The second-order valence-corrected chi connectivity index (χ2v) is 2.18. The summed E-state index contributed by atoms with van der Waals surface area (Å²) in [6, 6.07) is 6.99. The van der Waals surface area contributed by atoms with E-state index in [0.717, 1.165) is 5.56 Å². The molecule has 0 heterocycles. The minimum Gasteiger partial charge on any atom is -0.399 e. The van der Waals surface area contributed by atoms with E-state index in [4.69, 9.17) is 10.8 Å². The molecular weight excluding hydrogens is 126 g/mol. The van der Waals surface area contributed by atoms with Crippen LogP contribution in [0.2, 0.25) is 0 Å². The summed E-state index contributed by atoms with van der Waals surface area (Å²) in [6.07, 6.45) is -0.652. The third-order valence-electron chi connectivity index (χ3n) is 1.32. The number of hydrogen-bond acceptors (Lipinski definition) is 2. The van der Waals surface area contributed by atoms with Crippen LogP contribution in [-0.4, -0.2) is 5.11 Å². The van der Waals surface area contributed by atoms with E-state index < -0.39 is 6.10 Å². The number of aliphatic hydroxyl groups excluding tert-OH is 1. The van der Waals surface area contributed by atoms with Crippen molar-refractivity contribution in [2.24, 2.45) is 0 Å². The summed E-state index contributed by atoms with van der Waals surface area (Å²) in [5.41, 5.74) is 6.91. The number of benzene rings is 1. The molecule has 2 nitrogen and oxygen atoms in total. The maximum Gasteiger partial charge on any atom is 0.0791 e. The molecule has 1 rings (SSSR count). The number of anilines is 1. The van der Waals surface area contributed by atoms with Gasteiger partial charge >= 0.3 is 0 Å². The number of nitrogen functional groups attached to an aromatic ring is 1. The van der Waals surface area contributed by atoms with E-state index in [9.17, 15) is 0 Å². The lowest BCUT2D eigenvalue weighted by Gasteiger charge is -2.02. The zero-order chi connectivity index (χ0) is 7.56. The molecule has 0 aliphatic rings. The SMILES string of the molecule is [CH2]C(O)c1ccc(N)cc1. The molecule has 0 spiro atoms. The van der Waals surface area contributed by atoms with E-state index >= 15 is 0 Å². The molecule has 53 valence electrons. The Hall–Kier alpha value is -1.02. The first-order valence-electron chi connectivity index (χ1n) is 3.07. The second-order valence-electron chi connectivity index (χ2n) is 2.18. The Morgan fingerprint density at radius 3 is 2.20 bits per heavy atom. The molecule has 1 radical (unpaired) electrons. The van der Waals surface area contributed by atoms with Crippen molar-refractivity contribution in [3.05, 3.63) is 36.8 Å². The fourth-order valence-electron chi connectivity index (χ4n) is 0.718. The van der Waals surface area contributed by atoms with Crippen LogP contribution >= 0.6 is 0 Å². The Kier molecular flexibility index (Phi) is 1.92. The summed E-state index contributed by atoms with van der Waals surface area (Å²) in [5.74, 6) is 0. The van der Waals surface area contributed by atoms with Gasteiger partial charge in [0, 0.05) is 5.69 Å². The summed E-state index contributed by atoms with van der Waals surface area (Å²) < 4.78 is 0. The van der Waals surface area contributed by atoms with Crippen molar-refractivity contribution < 1.29 is 5.11 Å². The molecule has 0 amide bonds. The van der Waals surface area contributed by atoms with Crippen LogP contribution in [0.3, 0.4) is 0 Å². The molecule has 0 aliphatic carbocycles. The van der Waals surface area contributed by atoms with E-state index in [0.29, 0.717) is 5.69 Å². The number of hydrogen-bond donors (Lipinski definition) is 2. The first-order valence-corrected chi connectivity index (χ1v) is 3.07. The Morgan fingerprint density at radius 1 is 1.30 bits per heavy atom. The van der Waals surface area contributed by atoms with Gasteiger partial charge in [-0.15, -0.1) is 0 Å². The lowest BCUT2D eigenvalue weighted by molar-refractivity contribution is 0.226. The van der Waals surface area contributed by atoms with Gasteiger partial charge in [-0.25, -0.2) is 0 Å². The van der Waals surface area contributed by atoms with Gasteiger partial charge in [0.15, 0.2) is 0 Å². The molecule has 10 heavy (non-hydrogen) atoms. The second kappa shape index (κ2) is 2.71. The molecule has 1 aromatic carbocycles. The lowest BCUT2D eigenvalue weighted by atomic mass is 10.1. The first-order chi connectivity index (χ1) is 4.70. The van der Waals surface area contributed by atoms with Crippen molar-refractivity contribution in [3.63, 3.8) is 0 Å². The minimum absolute atomic E-state index is 0.652. The Labute approximate surface area is 60.3 Å². The standard InChI is InChI=1S/C8H10NO/c1-6(10)7-2-4-8(9)5-3-7/h2-6,10H,1,9H2. The van der Waals surface area contributed by atoms with Crippen molar-refractivity contribution in [3.8, 4) is 0 Å². The van der Waals surface area contributed by atoms with Crippen LogP contribution in [0.1, 0.15) is 11.7 Å². The van der Waals surface area contributed by atoms with Gasteiger partial charge in [-0.3, -0.25) is 0 Å². The molecule has 3 N–H and O–H groups in total. The van der Waals surface area contributed by atoms with E-state index in [-0.39, 0.29) is 0 Å². The van der Waals surface area contributed by atoms with Crippen LogP contribution in [-0.2, 0) is 0 Å². The lowest BCUT2D eigenvalue weighted by Crippen LogP contribution is -1.91. The quantitative estimate of drug-likeness (QED) is 0.568. The van der Waals surface area contributed by atoms with Crippen LogP contribution in [0.25, 0.3) is 0 Å². The molecule has 0 saturated heterocycles. The molecule has 1 aromatic rings. The Balaban J connectivity index is 2.89. The molecule has 0 saturated carbocycles. The first kappa shape index (κ1) is 7.09. The van der Waals surface area contributed by atoms with Crippen molar-refractivity contribution in [1.29, 1.82) is 0 Å². The van der Waals surface area contributed by atoms with Gasteiger partial charge in [-0.2, -0.15) is 0 Å². The zero-order valence-electron chi connectivity index (χ0n) is 5.62. The van der Waals surface area contributed by atoms with Gasteiger partial charge in [0.05, 0.1) is 6.10 Å². The fourth-order valence-corrected chi connectivity index (χ4v) is 0.718. The largest absolute Gasteiger partial charge is 0.399 e. The summed E-state index contributed by atoms with van der Waals surface area (Å²) >= 11 is 0. The van der Waals surface area contributed by atoms with Gasteiger partial charge in [-0.1, -0.05) is 12.1 Å². The van der Waals surface area contributed by atoms with E-state index in [1.165, 1.54) is 0 Å². The fraction of sp³-hybridized carbons (Fsp3) is 0.125. The van der Waals surface area contributed by atoms with E-state index in [2.05, 4.69) is 6.92 Å².